The quantitative estimate of drug-likeness (QED) is 0.388. The summed E-state index contributed by atoms with van der Waals surface area (Å²) in [5.74, 6) is 1.51. The third kappa shape index (κ3) is 5.81. The molecule has 0 aliphatic heterocycles. The Bertz CT molecular complexity index is 1020. The van der Waals surface area contributed by atoms with Gasteiger partial charge in [0, 0.05) is 18.4 Å². The van der Waals surface area contributed by atoms with Crippen molar-refractivity contribution in [3.05, 3.63) is 60.0 Å². The standard InChI is InChI=1S/C23H23F2NO5/c1-3-29-21-12-15(8-11-20(21)28-2)23-26-16(13-31-23)9-10-18(27)17-6-4-5-7-19(17)30-14-22(24)25/h4-8,11-13,22H,3,9-10,14H2,1-2H3. The Morgan fingerprint density at radius 2 is 1.90 bits per heavy atom. The number of rotatable bonds is 11. The number of para-hydroxylation sites is 1. The summed E-state index contributed by atoms with van der Waals surface area (Å²) in [5, 5.41) is 0. The number of nitrogens with zero attached hydrogens (tertiary/aromatic N) is 1. The molecule has 31 heavy (non-hydrogen) atoms. The van der Waals surface area contributed by atoms with E-state index < -0.39 is 13.0 Å². The van der Waals surface area contributed by atoms with E-state index in [1.54, 1.807) is 43.5 Å². The number of hydrogen-bond donors (Lipinski definition) is 0. The molecule has 0 aliphatic carbocycles. The molecule has 0 bridgehead atoms. The van der Waals surface area contributed by atoms with Crippen LogP contribution in [-0.2, 0) is 6.42 Å². The molecule has 0 N–H and O–H groups in total. The fraction of sp³-hybridized carbons (Fsp3) is 0.304. The third-order valence-electron chi connectivity index (χ3n) is 4.42. The van der Waals surface area contributed by atoms with Crippen LogP contribution in [0.5, 0.6) is 17.2 Å². The van der Waals surface area contributed by atoms with Gasteiger partial charge < -0.3 is 18.6 Å². The van der Waals surface area contributed by atoms with Crippen LogP contribution in [0.2, 0.25) is 0 Å². The van der Waals surface area contributed by atoms with E-state index in [1.165, 1.54) is 12.3 Å². The van der Waals surface area contributed by atoms with Gasteiger partial charge in [-0.3, -0.25) is 4.79 Å². The molecule has 0 aliphatic rings. The number of ether oxygens (including phenoxy) is 3. The number of hydrogen-bond acceptors (Lipinski definition) is 6. The predicted octanol–water partition coefficient (Wildman–Crippen LogP) is 5.21. The summed E-state index contributed by atoms with van der Waals surface area (Å²) in [4.78, 5) is 17.0. The van der Waals surface area contributed by atoms with Crippen molar-refractivity contribution in [2.45, 2.75) is 26.2 Å². The molecule has 0 saturated carbocycles. The summed E-state index contributed by atoms with van der Waals surface area (Å²) in [6.07, 6.45) is -0.655. The highest BCUT2D eigenvalue weighted by molar-refractivity contribution is 5.98. The Morgan fingerprint density at radius 3 is 2.65 bits per heavy atom. The summed E-state index contributed by atoms with van der Waals surface area (Å²) >= 11 is 0. The molecule has 8 heteroatoms. The smallest absolute Gasteiger partial charge is 0.272 e. The van der Waals surface area contributed by atoms with Crippen LogP contribution in [0.15, 0.2) is 53.1 Å². The SMILES string of the molecule is CCOc1cc(-c2nc(CCC(=O)c3ccccc3OCC(F)F)co2)ccc1OC. The zero-order chi connectivity index (χ0) is 22.2. The van der Waals surface area contributed by atoms with Crippen LogP contribution < -0.4 is 14.2 Å². The van der Waals surface area contributed by atoms with Crippen LogP contribution in [0.3, 0.4) is 0 Å². The molecule has 0 radical (unpaired) electrons. The summed E-state index contributed by atoms with van der Waals surface area (Å²) in [7, 11) is 1.56. The number of benzene rings is 2. The van der Waals surface area contributed by atoms with Gasteiger partial charge in [-0.25, -0.2) is 13.8 Å². The second-order valence-corrected chi connectivity index (χ2v) is 6.56. The van der Waals surface area contributed by atoms with E-state index in [9.17, 15) is 13.6 Å². The first kappa shape index (κ1) is 22.3. The highest BCUT2D eigenvalue weighted by Gasteiger charge is 2.16. The van der Waals surface area contributed by atoms with Crippen molar-refractivity contribution >= 4 is 5.78 Å². The van der Waals surface area contributed by atoms with Crippen molar-refractivity contribution in [1.29, 1.82) is 0 Å². The second-order valence-electron chi connectivity index (χ2n) is 6.56. The van der Waals surface area contributed by atoms with Crippen molar-refractivity contribution in [2.24, 2.45) is 0 Å². The van der Waals surface area contributed by atoms with Crippen molar-refractivity contribution in [3.8, 4) is 28.7 Å². The minimum Gasteiger partial charge on any atom is -0.493 e. The fourth-order valence-electron chi connectivity index (χ4n) is 2.98. The first-order valence-corrected chi connectivity index (χ1v) is 9.80. The van der Waals surface area contributed by atoms with Crippen molar-refractivity contribution in [2.75, 3.05) is 20.3 Å². The molecule has 1 aromatic heterocycles. The Morgan fingerprint density at radius 1 is 1.10 bits per heavy atom. The predicted molar refractivity (Wildman–Crippen MR) is 110 cm³/mol. The largest absolute Gasteiger partial charge is 0.493 e. The Labute approximate surface area is 178 Å². The molecule has 164 valence electrons. The lowest BCUT2D eigenvalue weighted by Gasteiger charge is -2.10. The summed E-state index contributed by atoms with van der Waals surface area (Å²) in [6.45, 7) is 1.60. The zero-order valence-corrected chi connectivity index (χ0v) is 17.3. The second kappa shape index (κ2) is 10.6. The van der Waals surface area contributed by atoms with Gasteiger partial charge in [0.2, 0.25) is 5.89 Å². The van der Waals surface area contributed by atoms with Crippen LogP contribution in [-0.4, -0.2) is 37.5 Å². The average molecular weight is 431 g/mol. The van der Waals surface area contributed by atoms with Crippen LogP contribution in [0.1, 0.15) is 29.4 Å². The lowest BCUT2D eigenvalue weighted by Crippen LogP contribution is -2.10. The van der Waals surface area contributed by atoms with E-state index in [4.69, 9.17) is 18.6 Å². The minimum absolute atomic E-state index is 0.133. The van der Waals surface area contributed by atoms with Gasteiger partial charge in [-0.2, -0.15) is 0 Å². The van der Waals surface area contributed by atoms with Crippen molar-refractivity contribution in [1.82, 2.24) is 4.98 Å². The van der Waals surface area contributed by atoms with E-state index >= 15 is 0 Å². The van der Waals surface area contributed by atoms with Crippen molar-refractivity contribution < 1.29 is 32.2 Å². The van der Waals surface area contributed by atoms with Crippen LogP contribution >= 0.6 is 0 Å². The van der Waals surface area contributed by atoms with Crippen LogP contribution in [0.25, 0.3) is 11.5 Å². The monoisotopic (exact) mass is 431 g/mol. The molecule has 0 atom stereocenters. The number of ketones is 1. The molecule has 0 amide bonds. The highest BCUT2D eigenvalue weighted by Crippen LogP contribution is 2.32. The molecule has 3 aromatic rings. The maximum absolute atomic E-state index is 12.6. The number of carbonyl (C=O) groups excluding carboxylic acids is 1. The van der Waals surface area contributed by atoms with Crippen LogP contribution in [0.4, 0.5) is 8.78 Å². The summed E-state index contributed by atoms with van der Waals surface area (Å²) in [6, 6.07) is 11.7. The number of carbonyl (C=O) groups is 1. The number of oxazole rings is 1. The number of halogens is 2. The lowest BCUT2D eigenvalue weighted by atomic mass is 10.0. The van der Waals surface area contributed by atoms with E-state index in [2.05, 4.69) is 4.98 Å². The number of aromatic nitrogens is 1. The lowest BCUT2D eigenvalue weighted by molar-refractivity contribution is 0.0799. The molecule has 1 heterocycles. The number of Topliss-reactive ketones (excluding diaryl/α,β-unsaturated/α-hetero) is 1. The van der Waals surface area contributed by atoms with Crippen molar-refractivity contribution in [3.63, 3.8) is 0 Å². The van der Waals surface area contributed by atoms with Gasteiger partial charge in [-0.05, 0) is 37.3 Å². The Kier molecular flexibility index (Phi) is 7.59. The molecular weight excluding hydrogens is 408 g/mol. The highest BCUT2D eigenvalue weighted by atomic mass is 19.3. The minimum atomic E-state index is -2.61. The molecule has 0 spiro atoms. The Balaban J connectivity index is 1.67. The molecule has 2 aromatic carbocycles. The van der Waals surface area contributed by atoms with Gasteiger partial charge in [0.05, 0.1) is 25.0 Å². The van der Waals surface area contributed by atoms with E-state index in [0.29, 0.717) is 41.7 Å². The number of aryl methyl sites for hydroxylation is 1. The van der Waals surface area contributed by atoms with Gasteiger partial charge in [0.15, 0.2) is 17.3 Å². The van der Waals surface area contributed by atoms with E-state index in [1.807, 2.05) is 6.92 Å². The first-order chi connectivity index (χ1) is 15.0. The molecule has 0 unspecified atom stereocenters. The van der Waals surface area contributed by atoms with Gasteiger partial charge in [-0.15, -0.1) is 0 Å². The molecule has 6 nitrogen and oxygen atoms in total. The topological polar surface area (TPSA) is 70.8 Å². The van der Waals surface area contributed by atoms with Gasteiger partial charge in [0.25, 0.3) is 6.43 Å². The maximum atomic E-state index is 12.6. The van der Waals surface area contributed by atoms with E-state index in [0.717, 1.165) is 0 Å². The van der Waals surface area contributed by atoms with E-state index in [-0.39, 0.29) is 23.5 Å². The zero-order valence-electron chi connectivity index (χ0n) is 17.3. The molecule has 0 saturated heterocycles. The number of alkyl halides is 2. The summed E-state index contributed by atoms with van der Waals surface area (Å²) in [5.41, 5.74) is 1.58. The van der Waals surface area contributed by atoms with Gasteiger partial charge in [-0.1, -0.05) is 12.1 Å². The van der Waals surface area contributed by atoms with Crippen LogP contribution in [0, 0.1) is 0 Å². The average Bonchev–Trinajstić information content (AvgIpc) is 3.25. The van der Waals surface area contributed by atoms with Gasteiger partial charge >= 0.3 is 0 Å². The molecular formula is C23H23F2NO5. The maximum Gasteiger partial charge on any atom is 0.272 e. The number of methoxy groups -OCH3 is 1. The molecule has 0 fully saturated rings. The molecule has 3 rings (SSSR count). The fourth-order valence-corrected chi connectivity index (χ4v) is 2.98. The Hall–Kier alpha value is -3.42. The summed E-state index contributed by atoms with van der Waals surface area (Å²) < 4.78 is 46.3. The third-order valence-corrected chi connectivity index (χ3v) is 4.42. The first-order valence-electron chi connectivity index (χ1n) is 9.80. The normalized spacial score (nSPS) is 10.9. The van der Waals surface area contributed by atoms with Gasteiger partial charge in [0.1, 0.15) is 18.6 Å².